The first-order valence-corrected chi connectivity index (χ1v) is 8.31. The maximum Gasteiger partial charge on any atom is 0.366 e. The van der Waals surface area contributed by atoms with Crippen LogP contribution < -0.4 is 15.0 Å². The number of ether oxygens (including phenoxy) is 1. The summed E-state index contributed by atoms with van der Waals surface area (Å²) in [5.41, 5.74) is 1.49. The first-order chi connectivity index (χ1) is 12.8. The number of nitrogens with zero attached hydrogens (tertiary/aromatic N) is 3. The van der Waals surface area contributed by atoms with Crippen molar-refractivity contribution in [3.63, 3.8) is 0 Å². The third-order valence-corrected chi connectivity index (χ3v) is 4.30. The molecule has 1 N–H and O–H groups in total. The SMILES string of the molecule is Cc1ccccc1NC(=O)C(C)N1C(=O)C(C)Oc2ccc([N+](=O)[O-])nc21. The molecule has 2 atom stereocenters. The summed E-state index contributed by atoms with van der Waals surface area (Å²) in [6.45, 7) is 4.93. The normalized spacial score (nSPS) is 16.9. The van der Waals surface area contributed by atoms with Crippen LogP contribution in [0.4, 0.5) is 17.3 Å². The summed E-state index contributed by atoms with van der Waals surface area (Å²) in [7, 11) is 0. The number of anilines is 2. The summed E-state index contributed by atoms with van der Waals surface area (Å²) in [5.74, 6) is -1.20. The molecular formula is C18H18N4O5. The molecule has 0 fully saturated rings. The van der Waals surface area contributed by atoms with Crippen LogP contribution in [-0.2, 0) is 9.59 Å². The molecule has 2 aromatic rings. The summed E-state index contributed by atoms with van der Waals surface area (Å²) in [4.78, 5) is 40.8. The largest absolute Gasteiger partial charge is 0.475 e. The molecule has 3 rings (SSSR count). The lowest BCUT2D eigenvalue weighted by Crippen LogP contribution is -2.53. The highest BCUT2D eigenvalue weighted by molar-refractivity contribution is 6.07. The molecule has 1 aliphatic heterocycles. The Morgan fingerprint density at radius 1 is 1.33 bits per heavy atom. The number of aryl methyl sites for hydroxylation is 1. The van der Waals surface area contributed by atoms with Gasteiger partial charge in [-0.05, 0) is 48.4 Å². The van der Waals surface area contributed by atoms with Crippen molar-refractivity contribution >= 4 is 29.1 Å². The van der Waals surface area contributed by atoms with Crippen LogP contribution in [0.3, 0.4) is 0 Å². The highest BCUT2D eigenvalue weighted by Gasteiger charge is 2.41. The lowest BCUT2D eigenvalue weighted by molar-refractivity contribution is -0.389. The van der Waals surface area contributed by atoms with Gasteiger partial charge in [0.2, 0.25) is 5.91 Å². The summed E-state index contributed by atoms with van der Waals surface area (Å²) < 4.78 is 5.47. The van der Waals surface area contributed by atoms with Gasteiger partial charge in [0.15, 0.2) is 11.9 Å². The van der Waals surface area contributed by atoms with Gasteiger partial charge in [-0.15, -0.1) is 0 Å². The minimum Gasteiger partial charge on any atom is -0.475 e. The Bertz CT molecular complexity index is 930. The quantitative estimate of drug-likeness (QED) is 0.653. The van der Waals surface area contributed by atoms with E-state index in [4.69, 9.17) is 4.74 Å². The summed E-state index contributed by atoms with van der Waals surface area (Å²) in [5, 5.41) is 13.8. The molecule has 2 amide bonds. The molecule has 2 unspecified atom stereocenters. The average molecular weight is 370 g/mol. The molecule has 1 aromatic heterocycles. The first kappa shape index (κ1) is 18.3. The van der Waals surface area contributed by atoms with E-state index >= 15 is 0 Å². The summed E-state index contributed by atoms with van der Waals surface area (Å²) in [6, 6.07) is 8.86. The van der Waals surface area contributed by atoms with Crippen molar-refractivity contribution in [1.29, 1.82) is 0 Å². The zero-order valence-corrected chi connectivity index (χ0v) is 15.0. The van der Waals surface area contributed by atoms with Gasteiger partial charge in [0.1, 0.15) is 6.04 Å². The fourth-order valence-electron chi connectivity index (χ4n) is 2.77. The molecule has 0 spiro atoms. The van der Waals surface area contributed by atoms with E-state index in [1.165, 1.54) is 19.1 Å². The maximum atomic E-state index is 12.7. The zero-order valence-electron chi connectivity index (χ0n) is 15.0. The second-order valence-electron chi connectivity index (χ2n) is 6.20. The van der Waals surface area contributed by atoms with Crippen LogP contribution in [0.2, 0.25) is 0 Å². The van der Waals surface area contributed by atoms with E-state index in [1.807, 2.05) is 19.1 Å². The van der Waals surface area contributed by atoms with Gasteiger partial charge in [-0.1, -0.05) is 18.2 Å². The van der Waals surface area contributed by atoms with Crippen molar-refractivity contribution in [2.24, 2.45) is 0 Å². The number of aromatic nitrogens is 1. The van der Waals surface area contributed by atoms with Crippen molar-refractivity contribution in [3.8, 4) is 5.75 Å². The molecule has 9 nitrogen and oxygen atoms in total. The number of para-hydroxylation sites is 1. The van der Waals surface area contributed by atoms with E-state index in [0.29, 0.717) is 5.69 Å². The predicted molar refractivity (Wildman–Crippen MR) is 97.7 cm³/mol. The molecule has 0 saturated carbocycles. The van der Waals surface area contributed by atoms with Crippen LogP contribution >= 0.6 is 0 Å². The molecular weight excluding hydrogens is 352 g/mol. The Kier molecular flexibility index (Phi) is 4.76. The van der Waals surface area contributed by atoms with Gasteiger partial charge in [0, 0.05) is 11.8 Å². The maximum absolute atomic E-state index is 12.7. The van der Waals surface area contributed by atoms with E-state index in [9.17, 15) is 19.7 Å². The van der Waals surface area contributed by atoms with Crippen LogP contribution in [0.1, 0.15) is 19.4 Å². The van der Waals surface area contributed by atoms with Gasteiger partial charge in [-0.2, -0.15) is 0 Å². The second kappa shape index (κ2) is 7.02. The van der Waals surface area contributed by atoms with E-state index in [-0.39, 0.29) is 11.6 Å². The summed E-state index contributed by atoms with van der Waals surface area (Å²) in [6.07, 6.45) is -0.838. The molecule has 0 aliphatic carbocycles. The number of benzene rings is 1. The number of carbonyl (C=O) groups excluding carboxylic acids is 2. The minimum atomic E-state index is -0.947. The van der Waals surface area contributed by atoms with E-state index in [1.54, 1.807) is 19.1 Å². The zero-order chi connectivity index (χ0) is 19.7. The Morgan fingerprint density at radius 2 is 2.04 bits per heavy atom. The highest BCUT2D eigenvalue weighted by Crippen LogP contribution is 2.35. The Labute approximate surface area is 155 Å². The van der Waals surface area contributed by atoms with Gasteiger partial charge in [-0.3, -0.25) is 14.5 Å². The molecule has 9 heteroatoms. The number of amides is 2. The monoisotopic (exact) mass is 370 g/mol. The topological polar surface area (TPSA) is 115 Å². The van der Waals surface area contributed by atoms with Crippen molar-refractivity contribution in [2.45, 2.75) is 32.9 Å². The third-order valence-electron chi connectivity index (χ3n) is 4.30. The molecule has 27 heavy (non-hydrogen) atoms. The number of hydrogen-bond acceptors (Lipinski definition) is 6. The number of rotatable bonds is 4. The van der Waals surface area contributed by atoms with E-state index < -0.39 is 34.7 Å². The van der Waals surface area contributed by atoms with Crippen molar-refractivity contribution in [3.05, 3.63) is 52.1 Å². The fourth-order valence-corrected chi connectivity index (χ4v) is 2.77. The van der Waals surface area contributed by atoms with Gasteiger partial charge in [-0.25, -0.2) is 0 Å². The Hall–Kier alpha value is -3.49. The van der Waals surface area contributed by atoms with Gasteiger partial charge in [0.05, 0.1) is 0 Å². The number of fused-ring (bicyclic) bond motifs is 1. The Balaban J connectivity index is 1.95. The number of nitrogens with one attached hydrogen (secondary N) is 1. The second-order valence-corrected chi connectivity index (χ2v) is 6.20. The molecule has 140 valence electrons. The average Bonchev–Trinajstić information content (AvgIpc) is 2.63. The van der Waals surface area contributed by atoms with Gasteiger partial charge < -0.3 is 20.2 Å². The van der Waals surface area contributed by atoms with Crippen molar-refractivity contribution in [2.75, 3.05) is 10.2 Å². The molecule has 2 heterocycles. The predicted octanol–water partition coefficient (Wildman–Crippen LogP) is 2.44. The lowest BCUT2D eigenvalue weighted by atomic mass is 10.1. The molecule has 1 aromatic carbocycles. The van der Waals surface area contributed by atoms with Crippen LogP contribution in [-0.4, -0.2) is 33.9 Å². The summed E-state index contributed by atoms with van der Waals surface area (Å²) >= 11 is 0. The van der Waals surface area contributed by atoms with E-state index in [0.717, 1.165) is 10.5 Å². The lowest BCUT2D eigenvalue weighted by Gasteiger charge is -2.32. The number of nitro groups is 1. The number of pyridine rings is 1. The minimum absolute atomic E-state index is 0.0419. The van der Waals surface area contributed by atoms with Crippen molar-refractivity contribution < 1.29 is 19.2 Å². The van der Waals surface area contributed by atoms with Crippen LogP contribution in [0, 0.1) is 17.0 Å². The molecule has 0 radical (unpaired) electrons. The number of carbonyl (C=O) groups is 2. The molecule has 1 aliphatic rings. The first-order valence-electron chi connectivity index (χ1n) is 8.31. The highest BCUT2D eigenvalue weighted by atomic mass is 16.6. The molecule has 0 saturated heterocycles. The smallest absolute Gasteiger partial charge is 0.366 e. The number of hydrogen-bond donors (Lipinski definition) is 1. The van der Waals surface area contributed by atoms with Gasteiger partial charge in [0.25, 0.3) is 11.7 Å². The Morgan fingerprint density at radius 3 is 2.70 bits per heavy atom. The third kappa shape index (κ3) is 3.43. The van der Waals surface area contributed by atoms with Gasteiger partial charge >= 0.3 is 5.82 Å². The van der Waals surface area contributed by atoms with Crippen LogP contribution in [0.5, 0.6) is 5.75 Å². The van der Waals surface area contributed by atoms with Crippen molar-refractivity contribution in [1.82, 2.24) is 4.98 Å². The molecule has 0 bridgehead atoms. The van der Waals surface area contributed by atoms with Crippen LogP contribution in [0.15, 0.2) is 36.4 Å². The van der Waals surface area contributed by atoms with Crippen LogP contribution in [0.25, 0.3) is 0 Å². The van der Waals surface area contributed by atoms with E-state index in [2.05, 4.69) is 10.3 Å². The fraction of sp³-hybridized carbons (Fsp3) is 0.278. The standard InChI is InChI=1S/C18H18N4O5/c1-10-6-4-5-7-13(10)19-17(23)11(2)21-16-14(27-12(3)18(21)24)8-9-15(20-16)22(25)26/h4-9,11-12H,1-3H3,(H,19,23).